The van der Waals surface area contributed by atoms with Crippen LogP contribution in [0.2, 0.25) is 0 Å². The summed E-state index contributed by atoms with van der Waals surface area (Å²) in [6.07, 6.45) is 0. The molecule has 0 aromatic rings. The molecule has 0 rings (SSSR count). The molecule has 0 aliphatic rings. The topological polar surface area (TPSA) is 126 Å². The van der Waals surface area contributed by atoms with Crippen LogP contribution in [0.1, 0.15) is 0 Å². The maximum absolute atomic E-state index is 9.60. The predicted octanol–water partition coefficient (Wildman–Crippen LogP) is -2.86. The van der Waals surface area contributed by atoms with Crippen LogP contribution >= 0.6 is 0 Å². The molecule has 0 radical (unpaired) electrons. The fraction of sp³-hybridized carbons (Fsp3) is 0. The third-order valence-electron chi connectivity index (χ3n) is 0. The van der Waals surface area contributed by atoms with Crippen molar-refractivity contribution in [3.63, 3.8) is 0 Å². The van der Waals surface area contributed by atoms with Gasteiger partial charge in [-0.05, 0) is 0 Å². The minimum absolute atomic E-state index is 0. The second kappa shape index (κ2) is 4.91. The monoisotopic (exact) mass is 380 g/mol. The summed E-state index contributed by atoms with van der Waals surface area (Å²) in [5.74, 6) is 0. The van der Waals surface area contributed by atoms with Gasteiger partial charge in [0.15, 0.2) is 0 Å². The number of rotatable bonds is 0. The second-order valence-electron chi connectivity index (χ2n) is 1.15. The van der Waals surface area contributed by atoms with Gasteiger partial charge in [-0.3, -0.25) is 0 Å². The van der Waals surface area contributed by atoms with Gasteiger partial charge < -0.3 is 0 Å². The van der Waals surface area contributed by atoms with Crippen LogP contribution in [-0.2, 0) is 31.0 Å². The van der Waals surface area contributed by atoms with Gasteiger partial charge in [-0.25, -0.2) is 5.31 Å². The third kappa shape index (κ3) is 336. The third-order valence-corrected chi connectivity index (χ3v) is 0. The van der Waals surface area contributed by atoms with Gasteiger partial charge in [0.1, 0.15) is 0 Å². The normalized spacial score (nSPS) is 8.27. The van der Waals surface area contributed by atoms with Gasteiger partial charge in [-0.2, -0.15) is 0 Å². The van der Waals surface area contributed by atoms with E-state index in [0.29, 0.717) is 0 Å². The Morgan fingerprint density at radius 1 is 0.909 bits per heavy atom. The van der Waals surface area contributed by atoms with E-state index >= 15 is 0 Å². The standard InChI is InChI=1S/Ca.FHO.Na.H2O.5O.Ta.3H/c;1-2;;;;;;;;;;;/h;2H;;1H2;;;;;;;;;/q;;;;;;;;;+1;;;/p-1. The van der Waals surface area contributed by atoms with Crippen LogP contribution in [0.5, 0.6) is 0 Å². The van der Waals surface area contributed by atoms with E-state index in [0.717, 1.165) is 0 Å². The van der Waals surface area contributed by atoms with Crippen molar-refractivity contribution in [2.24, 2.45) is 0 Å². The summed E-state index contributed by atoms with van der Waals surface area (Å²) in [5, 5.41) is 5.50. The van der Waals surface area contributed by atoms with E-state index in [9.17, 15) is 0 Å². The first-order valence-corrected chi connectivity index (χ1v) is 9.28. The number of hydrogen-bond acceptors (Lipinski definition) is 6. The summed E-state index contributed by atoms with van der Waals surface area (Å²) in [4.78, 5) is 0. The summed E-state index contributed by atoms with van der Waals surface area (Å²) in [7, 11) is 0. The molecule has 0 amide bonds. The number of halogens is 1. The molecule has 0 fully saturated rings. The Bertz CT molecular complexity index is 397. The summed E-state index contributed by atoms with van der Waals surface area (Å²) < 4.78 is 59.4. The predicted molar refractivity (Wildman–Crippen MR) is 24.7 cm³/mol. The molecule has 11 heavy (non-hydrogen) atoms. The van der Waals surface area contributed by atoms with E-state index in [1.165, 1.54) is 0 Å². The molecule has 0 atom stereocenters. The Labute approximate surface area is 110 Å². The molecule has 0 saturated carbocycles. The van der Waals surface area contributed by atoms with Gasteiger partial charge >= 0.3 is 102 Å². The van der Waals surface area contributed by atoms with Gasteiger partial charge in [0, 0.05) is 0 Å². The fourth-order valence-electron chi connectivity index (χ4n) is 0. The van der Waals surface area contributed by atoms with E-state index in [1.807, 2.05) is 0 Å². The van der Waals surface area contributed by atoms with Crippen molar-refractivity contribution < 1.29 is 44.5 Å². The van der Waals surface area contributed by atoms with Gasteiger partial charge in [-0.1, -0.05) is 4.53 Å². The van der Waals surface area contributed by atoms with Crippen LogP contribution in [-0.4, -0.2) is 76.2 Å². The summed E-state index contributed by atoms with van der Waals surface area (Å²) >= 11 is -9.60. The quantitative estimate of drug-likeness (QED) is 0.433. The van der Waals surface area contributed by atoms with Crippen molar-refractivity contribution in [1.29, 1.82) is 0 Å². The number of hydrogen-bond donors (Lipinski definition) is 2. The van der Waals surface area contributed by atoms with Gasteiger partial charge in [0.05, 0.1) is 0 Å². The average molecular weight is 380 g/mol. The molecule has 0 aromatic carbocycles. The van der Waals surface area contributed by atoms with Crippen LogP contribution in [0, 0.1) is 0 Å². The van der Waals surface area contributed by atoms with Crippen LogP contribution in [0.25, 0.3) is 0 Å². The van der Waals surface area contributed by atoms with Crippen molar-refractivity contribution in [2.45, 2.75) is 0 Å². The molecular formula is H5CaFNaO7Ta. The van der Waals surface area contributed by atoms with E-state index in [1.54, 1.807) is 0 Å². The maximum atomic E-state index is 8.80. The van der Waals surface area contributed by atoms with Crippen molar-refractivity contribution in [2.75, 3.05) is 0 Å². The first-order chi connectivity index (χ1) is 3.45. The summed E-state index contributed by atoms with van der Waals surface area (Å²) in [6, 6.07) is 0. The SMILES string of the molecule is OF.[CaH2].[NaH].[O]=[Ta](=[O])(=[O])(=[O])(=[O])[OH]. The molecule has 0 heterocycles. The Morgan fingerprint density at radius 3 is 0.909 bits per heavy atom. The van der Waals surface area contributed by atoms with E-state index in [4.69, 9.17) is 29.7 Å². The first-order valence-electron chi connectivity index (χ1n) is 1.28. The minimum atomic E-state index is -9.60. The van der Waals surface area contributed by atoms with Gasteiger partial charge in [0.25, 0.3) is 0 Å². The zero-order valence-electron chi connectivity index (χ0n) is 3.76. The van der Waals surface area contributed by atoms with Crippen molar-refractivity contribution in [1.82, 2.24) is 0 Å². The van der Waals surface area contributed by atoms with Crippen LogP contribution < -0.4 is 0 Å². The second-order valence-corrected chi connectivity index (χ2v) is 9.44. The first kappa shape index (κ1) is 23.0. The zero-order valence-corrected chi connectivity index (χ0v) is 6.97. The molecule has 7 nitrogen and oxygen atoms in total. The van der Waals surface area contributed by atoms with E-state index in [2.05, 4.69) is 0 Å². The van der Waals surface area contributed by atoms with Crippen LogP contribution in [0.15, 0.2) is 0 Å². The molecule has 0 spiro atoms. The van der Waals surface area contributed by atoms with E-state index in [-0.39, 0.29) is 67.3 Å². The van der Waals surface area contributed by atoms with Crippen molar-refractivity contribution in [3.05, 3.63) is 0 Å². The molecule has 0 saturated heterocycles. The molecule has 0 unspecified atom stereocenters. The molecule has 0 aromatic heterocycles. The molecule has 0 bridgehead atoms. The fourth-order valence-corrected chi connectivity index (χ4v) is 0. The molecule has 2 N–H and O–H groups in total. The van der Waals surface area contributed by atoms with Crippen LogP contribution in [0.3, 0.4) is 0 Å². The Balaban J connectivity index is -0.0000000564. The average Bonchev–Trinajstić information content (AvgIpc) is 1.30. The summed E-state index contributed by atoms with van der Waals surface area (Å²) in [6.45, 7) is 0. The molecular weight excluding hydrogens is 375 g/mol. The van der Waals surface area contributed by atoms with Crippen molar-refractivity contribution in [3.8, 4) is 0 Å². The molecule has 11 heteroatoms. The van der Waals surface area contributed by atoms with Crippen LogP contribution in [0.4, 0.5) is 4.53 Å². The molecule has 62 valence electrons. The van der Waals surface area contributed by atoms with Gasteiger partial charge in [-0.15, -0.1) is 0 Å². The van der Waals surface area contributed by atoms with Gasteiger partial charge in [0.2, 0.25) is 0 Å². The summed E-state index contributed by atoms with van der Waals surface area (Å²) in [5.41, 5.74) is 0. The molecule has 0 aliphatic carbocycles. The van der Waals surface area contributed by atoms with Crippen molar-refractivity contribution >= 4 is 67.3 Å². The Hall–Kier alpha value is 1.85. The Morgan fingerprint density at radius 2 is 0.909 bits per heavy atom. The Kier molecular flexibility index (Phi) is 10.3. The molecule has 0 aliphatic heterocycles. The zero-order chi connectivity index (χ0) is 8.41. The van der Waals surface area contributed by atoms with E-state index < -0.39 is 14.8 Å².